The van der Waals surface area contributed by atoms with Crippen molar-refractivity contribution in [3.8, 4) is 0 Å². The van der Waals surface area contributed by atoms with Crippen LogP contribution in [0.2, 0.25) is 0 Å². The molecule has 0 aliphatic heterocycles. The summed E-state index contributed by atoms with van der Waals surface area (Å²) in [5.74, 6) is 0.414. The van der Waals surface area contributed by atoms with Gasteiger partial charge in [0.05, 0.1) is 9.82 Å². The number of thioether (sulfide) groups is 1. The molecular weight excluding hydrogens is 229 g/mol. The molecule has 0 N–H and O–H groups in total. The zero-order chi connectivity index (χ0) is 10.6. The van der Waals surface area contributed by atoms with Crippen LogP contribution in [0.5, 0.6) is 0 Å². The van der Waals surface area contributed by atoms with Crippen LogP contribution >= 0.6 is 23.4 Å². The van der Waals surface area contributed by atoms with Crippen molar-refractivity contribution in [1.82, 2.24) is 0 Å². The molecule has 0 unspecified atom stereocenters. The Morgan fingerprint density at radius 2 is 2.29 bits per heavy atom. The number of halogens is 2. The van der Waals surface area contributed by atoms with Gasteiger partial charge in [0, 0.05) is 17.7 Å². The molecule has 76 valence electrons. The van der Waals surface area contributed by atoms with Crippen LogP contribution in [0.3, 0.4) is 0 Å². The van der Waals surface area contributed by atoms with Crippen LogP contribution in [0.15, 0.2) is 23.1 Å². The summed E-state index contributed by atoms with van der Waals surface area (Å²) in [6.45, 7) is 0. The minimum Gasteiger partial charge on any atom is -0.258 e. The van der Waals surface area contributed by atoms with Crippen LogP contribution in [0, 0.1) is 15.9 Å². The summed E-state index contributed by atoms with van der Waals surface area (Å²) < 4.78 is 12.8. The maximum Gasteiger partial charge on any atom is 0.283 e. The van der Waals surface area contributed by atoms with Crippen LogP contribution in [0.4, 0.5) is 10.1 Å². The molecule has 0 aliphatic carbocycles. The highest BCUT2D eigenvalue weighted by Crippen LogP contribution is 2.29. The van der Waals surface area contributed by atoms with Gasteiger partial charge in [-0.1, -0.05) is 0 Å². The normalized spacial score (nSPS) is 10.1. The van der Waals surface area contributed by atoms with E-state index in [0.29, 0.717) is 16.5 Å². The maximum atomic E-state index is 12.8. The first kappa shape index (κ1) is 11.3. The van der Waals surface area contributed by atoms with Crippen molar-refractivity contribution in [3.05, 3.63) is 34.1 Å². The fraction of sp³-hybridized carbons (Fsp3) is 0.250. The molecule has 0 saturated carbocycles. The summed E-state index contributed by atoms with van der Waals surface area (Å²) in [5, 5.41) is 10.5. The molecule has 0 atom stereocenters. The Kier molecular flexibility index (Phi) is 4.16. The van der Waals surface area contributed by atoms with Gasteiger partial charge in [0.1, 0.15) is 5.82 Å². The molecule has 14 heavy (non-hydrogen) atoms. The zero-order valence-electron chi connectivity index (χ0n) is 7.07. The van der Waals surface area contributed by atoms with Crippen molar-refractivity contribution in [2.24, 2.45) is 0 Å². The predicted octanol–water partition coefficient (Wildman–Crippen LogP) is 3.06. The molecule has 0 aliphatic rings. The lowest BCUT2D eigenvalue weighted by atomic mass is 10.3. The molecule has 0 fully saturated rings. The second kappa shape index (κ2) is 5.17. The largest absolute Gasteiger partial charge is 0.283 e. The van der Waals surface area contributed by atoms with E-state index in [-0.39, 0.29) is 5.69 Å². The summed E-state index contributed by atoms with van der Waals surface area (Å²) in [7, 11) is 0. The Morgan fingerprint density at radius 3 is 2.86 bits per heavy atom. The second-order valence-electron chi connectivity index (χ2n) is 2.41. The third-order valence-electron chi connectivity index (χ3n) is 1.45. The molecule has 1 rings (SSSR count). The van der Waals surface area contributed by atoms with E-state index in [0.717, 1.165) is 18.2 Å². The molecule has 0 saturated heterocycles. The quantitative estimate of drug-likeness (QED) is 0.349. The lowest BCUT2D eigenvalue weighted by molar-refractivity contribution is -0.387. The van der Waals surface area contributed by atoms with Crippen molar-refractivity contribution in [2.45, 2.75) is 4.90 Å². The van der Waals surface area contributed by atoms with Gasteiger partial charge in [-0.2, -0.15) is 0 Å². The van der Waals surface area contributed by atoms with E-state index in [1.807, 2.05) is 0 Å². The molecule has 1 aromatic rings. The Bertz CT molecular complexity index is 348. The molecule has 3 nitrogen and oxygen atoms in total. The number of rotatable bonds is 4. The van der Waals surface area contributed by atoms with Crippen LogP contribution in [-0.2, 0) is 0 Å². The van der Waals surface area contributed by atoms with Gasteiger partial charge in [-0.15, -0.1) is 23.4 Å². The van der Waals surface area contributed by atoms with Gasteiger partial charge in [-0.3, -0.25) is 10.1 Å². The van der Waals surface area contributed by atoms with Crippen molar-refractivity contribution in [1.29, 1.82) is 0 Å². The fourth-order valence-corrected chi connectivity index (χ4v) is 1.92. The smallest absolute Gasteiger partial charge is 0.258 e. The number of nitro benzene ring substituents is 1. The van der Waals surface area contributed by atoms with Gasteiger partial charge in [-0.25, -0.2) is 4.39 Å². The Balaban J connectivity index is 2.97. The highest BCUT2D eigenvalue weighted by Gasteiger charge is 2.14. The Labute approximate surface area is 89.4 Å². The van der Waals surface area contributed by atoms with Crippen LogP contribution in [0.1, 0.15) is 0 Å². The van der Waals surface area contributed by atoms with Gasteiger partial charge in [0.2, 0.25) is 0 Å². The van der Waals surface area contributed by atoms with Gasteiger partial charge < -0.3 is 0 Å². The topological polar surface area (TPSA) is 43.1 Å². The van der Waals surface area contributed by atoms with Crippen molar-refractivity contribution in [3.63, 3.8) is 0 Å². The molecule has 0 heterocycles. The van der Waals surface area contributed by atoms with E-state index >= 15 is 0 Å². The molecule has 0 spiro atoms. The molecular formula is C8H7ClFNO2S. The molecule has 6 heteroatoms. The summed E-state index contributed by atoms with van der Waals surface area (Å²) >= 11 is 6.61. The Hall–Kier alpha value is -0.810. The number of benzene rings is 1. The molecule has 0 aromatic heterocycles. The first-order valence-corrected chi connectivity index (χ1v) is 5.30. The first-order chi connectivity index (χ1) is 6.65. The molecule has 0 radical (unpaired) electrons. The maximum absolute atomic E-state index is 12.8. The summed E-state index contributed by atoms with van der Waals surface area (Å²) in [6.07, 6.45) is 0. The van der Waals surface area contributed by atoms with E-state index < -0.39 is 10.7 Å². The fourth-order valence-electron chi connectivity index (χ4n) is 0.903. The number of hydrogen-bond donors (Lipinski definition) is 0. The number of nitrogens with zero attached hydrogens (tertiary/aromatic N) is 1. The zero-order valence-corrected chi connectivity index (χ0v) is 8.65. The number of alkyl halides is 1. The first-order valence-electron chi connectivity index (χ1n) is 3.78. The van der Waals surface area contributed by atoms with Crippen molar-refractivity contribution < 1.29 is 9.31 Å². The molecule has 0 amide bonds. The van der Waals surface area contributed by atoms with E-state index in [9.17, 15) is 14.5 Å². The van der Waals surface area contributed by atoms with Crippen LogP contribution in [0.25, 0.3) is 0 Å². The molecule has 1 aromatic carbocycles. The predicted molar refractivity (Wildman–Crippen MR) is 54.5 cm³/mol. The van der Waals surface area contributed by atoms with Crippen LogP contribution in [-0.4, -0.2) is 16.6 Å². The summed E-state index contributed by atoms with van der Waals surface area (Å²) in [6, 6.07) is 3.38. The van der Waals surface area contributed by atoms with E-state index in [1.165, 1.54) is 11.8 Å². The van der Waals surface area contributed by atoms with Crippen molar-refractivity contribution >= 4 is 29.1 Å². The van der Waals surface area contributed by atoms with Gasteiger partial charge in [0.25, 0.3) is 5.69 Å². The van der Waals surface area contributed by atoms with E-state index in [2.05, 4.69) is 0 Å². The van der Waals surface area contributed by atoms with Crippen LogP contribution < -0.4 is 0 Å². The number of nitro groups is 1. The number of hydrogen-bond acceptors (Lipinski definition) is 3. The standard InChI is InChI=1S/C8H7ClFNO2S/c9-3-4-14-8-5-6(10)1-2-7(8)11(12)13/h1-2,5H,3-4H2. The Morgan fingerprint density at radius 1 is 1.57 bits per heavy atom. The lowest BCUT2D eigenvalue weighted by Crippen LogP contribution is -1.92. The summed E-state index contributed by atoms with van der Waals surface area (Å²) in [5.41, 5.74) is -0.0819. The molecule has 0 bridgehead atoms. The summed E-state index contributed by atoms with van der Waals surface area (Å²) in [4.78, 5) is 10.3. The van der Waals surface area contributed by atoms with Gasteiger partial charge >= 0.3 is 0 Å². The van der Waals surface area contributed by atoms with Gasteiger partial charge in [-0.05, 0) is 12.1 Å². The third kappa shape index (κ3) is 2.85. The average molecular weight is 236 g/mol. The van der Waals surface area contributed by atoms with E-state index in [1.54, 1.807) is 0 Å². The minimum absolute atomic E-state index is 0.0819. The monoisotopic (exact) mass is 235 g/mol. The second-order valence-corrected chi connectivity index (χ2v) is 3.92. The minimum atomic E-state index is -0.532. The highest BCUT2D eigenvalue weighted by atomic mass is 35.5. The SMILES string of the molecule is O=[N+]([O-])c1ccc(F)cc1SCCCl. The van der Waals surface area contributed by atoms with Crippen molar-refractivity contribution in [2.75, 3.05) is 11.6 Å². The third-order valence-corrected chi connectivity index (χ3v) is 2.91. The van der Waals surface area contributed by atoms with E-state index in [4.69, 9.17) is 11.6 Å². The average Bonchev–Trinajstić information content (AvgIpc) is 2.14. The lowest BCUT2D eigenvalue weighted by Gasteiger charge is -2.00. The van der Waals surface area contributed by atoms with Gasteiger partial charge in [0.15, 0.2) is 0 Å². The highest BCUT2D eigenvalue weighted by molar-refractivity contribution is 7.99.